The number of rotatable bonds is 1. The van der Waals surface area contributed by atoms with E-state index in [4.69, 9.17) is 0 Å². The highest BCUT2D eigenvalue weighted by Crippen LogP contribution is 2.29. The second kappa shape index (κ2) is 4.84. The predicted molar refractivity (Wildman–Crippen MR) is 66.2 cm³/mol. The van der Waals surface area contributed by atoms with Crippen molar-refractivity contribution in [2.24, 2.45) is 0 Å². The fraction of sp³-hybridized carbons (Fsp3) is 0.333. The van der Waals surface area contributed by atoms with E-state index in [0.717, 1.165) is 12.1 Å². The summed E-state index contributed by atoms with van der Waals surface area (Å²) in [6.07, 6.45) is -4.29. The lowest BCUT2D eigenvalue weighted by atomic mass is 10.2. The Bertz CT molecular complexity index is 432. The molecule has 0 spiro atoms. The lowest BCUT2D eigenvalue weighted by Crippen LogP contribution is -2.16. The van der Waals surface area contributed by atoms with Crippen LogP contribution in [0.2, 0.25) is 19.6 Å². The molecule has 0 aliphatic rings. The van der Waals surface area contributed by atoms with Crippen LogP contribution in [-0.2, 0) is 6.18 Å². The van der Waals surface area contributed by atoms with Gasteiger partial charge in [0.2, 0.25) is 0 Å². The van der Waals surface area contributed by atoms with Gasteiger partial charge in [-0.2, -0.15) is 13.2 Å². The number of anilines is 1. The molecule has 0 aliphatic heterocycles. The number of alkyl halides is 3. The number of hydrogen-bond acceptors (Lipinski definition) is 1. The number of nitrogens with one attached hydrogen (secondary N) is 1. The SMILES string of the molecule is C[Si](C)(C)C#CNc1ccc(C(F)(F)F)cc1. The molecular weight excluding hydrogens is 243 g/mol. The zero-order chi connectivity index (χ0) is 13.1. The van der Waals surface area contributed by atoms with E-state index in [1.54, 1.807) is 0 Å². The minimum atomic E-state index is -4.29. The first-order chi connectivity index (χ1) is 7.68. The van der Waals surface area contributed by atoms with E-state index < -0.39 is 19.8 Å². The van der Waals surface area contributed by atoms with E-state index in [1.165, 1.54) is 12.1 Å². The maximum absolute atomic E-state index is 12.3. The zero-order valence-electron chi connectivity index (χ0n) is 9.94. The molecule has 1 aromatic carbocycles. The number of benzene rings is 1. The molecule has 17 heavy (non-hydrogen) atoms. The third-order valence-electron chi connectivity index (χ3n) is 1.86. The third-order valence-corrected chi connectivity index (χ3v) is 2.73. The predicted octanol–water partition coefficient (Wildman–Crippen LogP) is 3.96. The molecule has 1 N–H and O–H groups in total. The minimum Gasteiger partial charge on any atom is -0.315 e. The highest BCUT2D eigenvalue weighted by molar-refractivity contribution is 6.83. The van der Waals surface area contributed by atoms with Crippen LogP contribution >= 0.6 is 0 Å². The molecule has 0 atom stereocenters. The van der Waals surface area contributed by atoms with E-state index in [-0.39, 0.29) is 0 Å². The van der Waals surface area contributed by atoms with Crippen LogP contribution in [0.4, 0.5) is 18.9 Å². The summed E-state index contributed by atoms with van der Waals surface area (Å²) in [5, 5.41) is 2.79. The monoisotopic (exact) mass is 257 g/mol. The van der Waals surface area contributed by atoms with Gasteiger partial charge in [-0.3, -0.25) is 0 Å². The van der Waals surface area contributed by atoms with Crippen LogP contribution in [0.15, 0.2) is 24.3 Å². The normalized spacial score (nSPS) is 11.6. The van der Waals surface area contributed by atoms with Crippen LogP contribution in [0.5, 0.6) is 0 Å². The quantitative estimate of drug-likeness (QED) is 0.456. The average Bonchev–Trinajstić information content (AvgIpc) is 2.15. The Kier molecular flexibility index (Phi) is 3.89. The lowest BCUT2D eigenvalue weighted by molar-refractivity contribution is -0.137. The van der Waals surface area contributed by atoms with Gasteiger partial charge in [-0.15, -0.1) is 5.54 Å². The molecule has 0 saturated carbocycles. The molecule has 0 unspecified atom stereocenters. The zero-order valence-corrected chi connectivity index (χ0v) is 10.9. The molecule has 0 bridgehead atoms. The van der Waals surface area contributed by atoms with E-state index in [2.05, 4.69) is 36.5 Å². The fourth-order valence-corrected chi connectivity index (χ4v) is 1.47. The van der Waals surface area contributed by atoms with Crippen molar-refractivity contribution in [2.75, 3.05) is 5.32 Å². The first-order valence-electron chi connectivity index (χ1n) is 5.14. The molecule has 5 heteroatoms. The lowest BCUT2D eigenvalue weighted by Gasteiger charge is -2.07. The van der Waals surface area contributed by atoms with Gasteiger partial charge in [0, 0.05) is 11.7 Å². The van der Waals surface area contributed by atoms with E-state index in [9.17, 15) is 13.2 Å². The van der Waals surface area contributed by atoms with Gasteiger partial charge >= 0.3 is 6.18 Å². The minimum absolute atomic E-state index is 0.573. The van der Waals surface area contributed by atoms with Crippen molar-refractivity contribution in [3.8, 4) is 11.6 Å². The van der Waals surface area contributed by atoms with E-state index >= 15 is 0 Å². The molecule has 92 valence electrons. The first-order valence-corrected chi connectivity index (χ1v) is 8.64. The Labute approximate surface area is 100 Å². The van der Waals surface area contributed by atoms with Crippen molar-refractivity contribution in [1.29, 1.82) is 0 Å². The second-order valence-corrected chi connectivity index (χ2v) is 9.45. The Balaban J connectivity index is 2.72. The van der Waals surface area contributed by atoms with Crippen molar-refractivity contribution < 1.29 is 13.2 Å². The highest BCUT2D eigenvalue weighted by atomic mass is 28.3. The number of halogens is 3. The van der Waals surface area contributed by atoms with Gasteiger partial charge < -0.3 is 5.32 Å². The third kappa shape index (κ3) is 4.96. The largest absolute Gasteiger partial charge is 0.416 e. The van der Waals surface area contributed by atoms with Gasteiger partial charge in [-0.25, -0.2) is 0 Å². The van der Waals surface area contributed by atoms with Gasteiger partial charge in [-0.05, 0) is 24.3 Å². The first kappa shape index (κ1) is 13.7. The summed E-state index contributed by atoms with van der Waals surface area (Å²) in [6.45, 7) is 6.28. The molecular formula is C12H14F3NSi. The maximum Gasteiger partial charge on any atom is 0.416 e. The van der Waals surface area contributed by atoms with Gasteiger partial charge in [0.05, 0.1) is 5.56 Å². The molecule has 0 heterocycles. The highest BCUT2D eigenvalue weighted by Gasteiger charge is 2.29. The average molecular weight is 257 g/mol. The molecule has 1 rings (SSSR count). The van der Waals surface area contributed by atoms with Crippen LogP contribution in [-0.4, -0.2) is 8.07 Å². The van der Waals surface area contributed by atoms with Crippen molar-refractivity contribution in [3.63, 3.8) is 0 Å². The molecule has 0 fully saturated rings. The molecule has 0 saturated heterocycles. The van der Waals surface area contributed by atoms with Crippen LogP contribution in [0.1, 0.15) is 5.56 Å². The van der Waals surface area contributed by atoms with Crippen LogP contribution in [0.25, 0.3) is 0 Å². The van der Waals surface area contributed by atoms with E-state index in [0.29, 0.717) is 5.69 Å². The topological polar surface area (TPSA) is 12.0 Å². The molecule has 0 radical (unpaired) electrons. The Morgan fingerprint density at radius 3 is 2.00 bits per heavy atom. The molecule has 0 amide bonds. The van der Waals surface area contributed by atoms with Gasteiger partial charge in [-0.1, -0.05) is 19.6 Å². The molecule has 1 aromatic rings. The summed E-state index contributed by atoms with van der Waals surface area (Å²) in [5.41, 5.74) is 2.99. The smallest absolute Gasteiger partial charge is 0.315 e. The van der Waals surface area contributed by atoms with Gasteiger partial charge in [0.1, 0.15) is 8.07 Å². The number of hydrogen-bond donors (Lipinski definition) is 1. The maximum atomic E-state index is 12.3. The summed E-state index contributed by atoms with van der Waals surface area (Å²) in [5.74, 6) is 0. The van der Waals surface area contributed by atoms with Crippen molar-refractivity contribution in [3.05, 3.63) is 29.8 Å². The Morgan fingerprint density at radius 1 is 1.06 bits per heavy atom. The van der Waals surface area contributed by atoms with Gasteiger partial charge in [0.25, 0.3) is 0 Å². The summed E-state index contributed by atoms with van der Waals surface area (Å²) in [7, 11) is -1.46. The fourth-order valence-electron chi connectivity index (χ4n) is 1.03. The summed E-state index contributed by atoms with van der Waals surface area (Å²) >= 11 is 0. The van der Waals surface area contributed by atoms with Gasteiger partial charge in [0.15, 0.2) is 0 Å². The van der Waals surface area contributed by atoms with Crippen molar-refractivity contribution in [1.82, 2.24) is 0 Å². The standard InChI is InChI=1S/C12H14F3NSi/c1-17(2,3)9-8-16-11-6-4-10(5-7-11)12(13,14)15/h4-7,16H,1-3H3. The van der Waals surface area contributed by atoms with Crippen LogP contribution in [0.3, 0.4) is 0 Å². The van der Waals surface area contributed by atoms with Crippen LogP contribution in [0, 0.1) is 11.6 Å². The molecule has 1 nitrogen and oxygen atoms in total. The second-order valence-electron chi connectivity index (χ2n) is 4.70. The summed E-state index contributed by atoms with van der Waals surface area (Å²) < 4.78 is 36.9. The molecule has 0 aliphatic carbocycles. The van der Waals surface area contributed by atoms with Crippen molar-refractivity contribution >= 4 is 13.8 Å². The summed E-state index contributed by atoms with van der Waals surface area (Å²) in [6, 6.07) is 7.61. The molecule has 0 aromatic heterocycles. The van der Waals surface area contributed by atoms with Crippen LogP contribution < -0.4 is 5.32 Å². The van der Waals surface area contributed by atoms with Crippen molar-refractivity contribution in [2.45, 2.75) is 25.8 Å². The van der Waals surface area contributed by atoms with E-state index in [1.807, 2.05) is 0 Å². The Morgan fingerprint density at radius 2 is 1.59 bits per heavy atom. The summed E-state index contributed by atoms with van der Waals surface area (Å²) in [4.78, 5) is 0. The Hall–Kier alpha value is -1.41.